The molecule has 0 saturated heterocycles. The van der Waals surface area contributed by atoms with Gasteiger partial charge in [-0.15, -0.1) is 5.10 Å². The Bertz CT molecular complexity index is 797. The van der Waals surface area contributed by atoms with Crippen molar-refractivity contribution in [2.24, 2.45) is 0 Å². The molecule has 0 atom stereocenters. The molecular formula is C14H12ClN5O2. The number of carbonyl (C=O) groups is 1. The van der Waals surface area contributed by atoms with Gasteiger partial charge in [-0.25, -0.2) is 0 Å². The number of hydrogen-bond donors (Lipinski definition) is 2. The Labute approximate surface area is 130 Å². The highest BCUT2D eigenvalue weighted by atomic mass is 35.5. The van der Waals surface area contributed by atoms with Crippen LogP contribution in [0.4, 0.5) is 5.82 Å². The van der Waals surface area contributed by atoms with Crippen molar-refractivity contribution in [3.05, 3.63) is 59.1 Å². The Kier molecular flexibility index (Phi) is 3.80. The van der Waals surface area contributed by atoms with Crippen LogP contribution in [0.15, 0.2) is 47.1 Å². The summed E-state index contributed by atoms with van der Waals surface area (Å²) in [6, 6.07) is 10.5. The summed E-state index contributed by atoms with van der Waals surface area (Å²) in [7, 11) is 0. The molecule has 22 heavy (non-hydrogen) atoms. The van der Waals surface area contributed by atoms with E-state index in [4.69, 9.17) is 21.8 Å². The molecule has 0 aliphatic heterocycles. The van der Waals surface area contributed by atoms with Gasteiger partial charge in [-0.05, 0) is 24.3 Å². The number of aromatic nitrogens is 3. The zero-order chi connectivity index (χ0) is 15.5. The Hall–Kier alpha value is -2.80. The predicted octanol–water partition coefficient (Wildman–Crippen LogP) is 2.03. The first-order valence-corrected chi connectivity index (χ1v) is 6.81. The highest BCUT2D eigenvalue weighted by molar-refractivity contribution is 6.32. The number of halogens is 1. The first kappa shape index (κ1) is 14.2. The number of rotatable bonds is 4. The van der Waals surface area contributed by atoms with Crippen molar-refractivity contribution in [3.63, 3.8) is 0 Å². The zero-order valence-corrected chi connectivity index (χ0v) is 12.1. The highest BCUT2D eigenvalue weighted by Gasteiger charge is 2.19. The van der Waals surface area contributed by atoms with Crippen molar-refractivity contribution in [2.45, 2.75) is 6.54 Å². The van der Waals surface area contributed by atoms with Crippen LogP contribution in [0.3, 0.4) is 0 Å². The van der Waals surface area contributed by atoms with Crippen molar-refractivity contribution >= 4 is 23.3 Å². The number of benzene rings is 1. The molecule has 3 rings (SSSR count). The average molecular weight is 318 g/mol. The van der Waals surface area contributed by atoms with Gasteiger partial charge in [0.05, 0.1) is 23.5 Å². The molecule has 1 amide bonds. The van der Waals surface area contributed by atoms with Gasteiger partial charge < -0.3 is 15.5 Å². The number of furan rings is 1. The monoisotopic (exact) mass is 317 g/mol. The Morgan fingerprint density at radius 2 is 2.14 bits per heavy atom. The van der Waals surface area contributed by atoms with Crippen molar-refractivity contribution < 1.29 is 9.21 Å². The Balaban J connectivity index is 1.81. The van der Waals surface area contributed by atoms with Gasteiger partial charge in [-0.3, -0.25) is 4.79 Å². The molecule has 1 aromatic carbocycles. The maximum atomic E-state index is 12.1. The fourth-order valence-electron chi connectivity index (χ4n) is 1.92. The summed E-state index contributed by atoms with van der Waals surface area (Å²) in [4.78, 5) is 12.1. The fraction of sp³-hybridized carbons (Fsp3) is 0.0714. The molecule has 0 aliphatic rings. The van der Waals surface area contributed by atoms with E-state index in [9.17, 15) is 4.79 Å². The van der Waals surface area contributed by atoms with E-state index < -0.39 is 5.91 Å². The van der Waals surface area contributed by atoms with E-state index in [0.29, 0.717) is 16.5 Å². The minimum Gasteiger partial charge on any atom is -0.467 e. The molecule has 0 unspecified atom stereocenters. The van der Waals surface area contributed by atoms with Crippen LogP contribution in [0.2, 0.25) is 5.02 Å². The van der Waals surface area contributed by atoms with Gasteiger partial charge in [-0.2, -0.15) is 4.68 Å². The van der Waals surface area contributed by atoms with Crippen LogP contribution in [-0.2, 0) is 6.54 Å². The van der Waals surface area contributed by atoms with E-state index in [1.807, 2.05) is 0 Å². The molecule has 0 radical (unpaired) electrons. The molecule has 8 heteroatoms. The second-order valence-electron chi connectivity index (χ2n) is 4.45. The van der Waals surface area contributed by atoms with E-state index >= 15 is 0 Å². The van der Waals surface area contributed by atoms with E-state index in [1.165, 1.54) is 10.9 Å². The lowest BCUT2D eigenvalue weighted by Crippen LogP contribution is -2.24. The SMILES string of the molecule is Nc1c(C(=O)NCc2ccco2)nnn1-c1ccccc1Cl. The Morgan fingerprint density at radius 3 is 2.86 bits per heavy atom. The van der Waals surface area contributed by atoms with Crippen LogP contribution < -0.4 is 11.1 Å². The van der Waals surface area contributed by atoms with Gasteiger partial charge in [-0.1, -0.05) is 28.9 Å². The molecule has 0 saturated carbocycles. The molecule has 3 N–H and O–H groups in total. The number of anilines is 1. The molecule has 0 aliphatic carbocycles. The van der Waals surface area contributed by atoms with Crippen molar-refractivity contribution in [1.29, 1.82) is 0 Å². The summed E-state index contributed by atoms with van der Waals surface area (Å²) in [6.45, 7) is 0.240. The highest BCUT2D eigenvalue weighted by Crippen LogP contribution is 2.22. The minimum atomic E-state index is -0.438. The van der Waals surface area contributed by atoms with Gasteiger partial charge in [0.1, 0.15) is 5.76 Å². The molecule has 0 spiro atoms. The second kappa shape index (κ2) is 5.90. The number of hydrogen-bond acceptors (Lipinski definition) is 5. The number of para-hydroxylation sites is 1. The topological polar surface area (TPSA) is 99.0 Å². The number of amides is 1. The first-order chi connectivity index (χ1) is 10.7. The van der Waals surface area contributed by atoms with Crippen LogP contribution in [-0.4, -0.2) is 20.9 Å². The summed E-state index contributed by atoms with van der Waals surface area (Å²) in [5.41, 5.74) is 6.54. The van der Waals surface area contributed by atoms with Crippen LogP contribution in [0.1, 0.15) is 16.2 Å². The number of nitrogen functional groups attached to an aromatic ring is 1. The van der Waals surface area contributed by atoms with Crippen molar-refractivity contribution in [1.82, 2.24) is 20.3 Å². The number of nitrogens with zero attached hydrogens (tertiary/aromatic N) is 3. The molecule has 0 bridgehead atoms. The van der Waals surface area contributed by atoms with Crippen molar-refractivity contribution in [3.8, 4) is 5.69 Å². The third kappa shape index (κ3) is 2.66. The quantitative estimate of drug-likeness (QED) is 0.767. The first-order valence-electron chi connectivity index (χ1n) is 6.43. The third-order valence-electron chi connectivity index (χ3n) is 3.00. The van der Waals surface area contributed by atoms with E-state index in [2.05, 4.69) is 15.6 Å². The lowest BCUT2D eigenvalue weighted by atomic mass is 10.3. The van der Waals surface area contributed by atoms with Crippen LogP contribution >= 0.6 is 11.6 Å². The van der Waals surface area contributed by atoms with Gasteiger partial charge >= 0.3 is 0 Å². The summed E-state index contributed by atoms with van der Waals surface area (Å²) >= 11 is 6.09. The lowest BCUT2D eigenvalue weighted by molar-refractivity contribution is 0.0944. The predicted molar refractivity (Wildman–Crippen MR) is 80.7 cm³/mol. The van der Waals surface area contributed by atoms with Gasteiger partial charge in [0.15, 0.2) is 11.5 Å². The lowest BCUT2D eigenvalue weighted by Gasteiger charge is -2.05. The normalized spacial score (nSPS) is 10.6. The van der Waals surface area contributed by atoms with E-state index in [0.717, 1.165) is 0 Å². The molecule has 2 aromatic heterocycles. The molecule has 2 heterocycles. The molecule has 7 nitrogen and oxygen atoms in total. The zero-order valence-electron chi connectivity index (χ0n) is 11.4. The van der Waals surface area contributed by atoms with Gasteiger partial charge in [0.2, 0.25) is 0 Å². The third-order valence-corrected chi connectivity index (χ3v) is 3.32. The Morgan fingerprint density at radius 1 is 1.32 bits per heavy atom. The standard InChI is InChI=1S/C14H12ClN5O2/c15-10-5-1-2-6-11(10)20-13(16)12(18-19-20)14(21)17-8-9-4-3-7-22-9/h1-7H,8,16H2,(H,17,21). The molecule has 3 aromatic rings. The van der Waals surface area contributed by atoms with Crippen LogP contribution in [0, 0.1) is 0 Å². The maximum Gasteiger partial charge on any atom is 0.276 e. The molecular weight excluding hydrogens is 306 g/mol. The van der Waals surface area contributed by atoms with Gasteiger partial charge in [0, 0.05) is 0 Å². The summed E-state index contributed by atoms with van der Waals surface area (Å²) < 4.78 is 6.46. The second-order valence-corrected chi connectivity index (χ2v) is 4.86. The van der Waals surface area contributed by atoms with E-state index in [1.54, 1.807) is 36.4 Å². The summed E-state index contributed by atoms with van der Waals surface area (Å²) in [6.07, 6.45) is 1.53. The van der Waals surface area contributed by atoms with E-state index in [-0.39, 0.29) is 18.1 Å². The molecule has 0 fully saturated rings. The van der Waals surface area contributed by atoms with Crippen LogP contribution in [0.25, 0.3) is 5.69 Å². The minimum absolute atomic E-state index is 0.0338. The summed E-state index contributed by atoms with van der Waals surface area (Å²) in [5, 5.41) is 10.8. The maximum absolute atomic E-state index is 12.1. The smallest absolute Gasteiger partial charge is 0.276 e. The number of carbonyl (C=O) groups excluding carboxylic acids is 1. The van der Waals surface area contributed by atoms with Crippen LogP contribution in [0.5, 0.6) is 0 Å². The summed E-state index contributed by atoms with van der Waals surface area (Å²) in [5.74, 6) is 0.308. The fourth-order valence-corrected chi connectivity index (χ4v) is 2.13. The van der Waals surface area contributed by atoms with Gasteiger partial charge in [0.25, 0.3) is 5.91 Å². The number of nitrogens with one attached hydrogen (secondary N) is 1. The van der Waals surface area contributed by atoms with Crippen molar-refractivity contribution in [2.75, 3.05) is 5.73 Å². The average Bonchev–Trinajstić information content (AvgIpc) is 3.15. The molecule has 112 valence electrons. The largest absolute Gasteiger partial charge is 0.467 e. The number of nitrogens with two attached hydrogens (primary N) is 1.